The van der Waals surface area contributed by atoms with Crippen molar-refractivity contribution in [1.82, 2.24) is 25.5 Å². The molecular weight excluding hydrogens is 416 g/mol. The molecule has 2 aromatic carbocycles. The molecule has 9 heteroatoms. The SMILES string of the molecule is O=C(Cn1nnc(-c2ccccc2NC(=O)c2ccccc2Cl)n1)NC1CCCCC1. The van der Waals surface area contributed by atoms with E-state index in [1.807, 2.05) is 6.07 Å². The fraction of sp³-hybridized carbons (Fsp3) is 0.318. The first kappa shape index (κ1) is 21.0. The number of rotatable bonds is 6. The van der Waals surface area contributed by atoms with Crippen molar-refractivity contribution >= 4 is 29.1 Å². The van der Waals surface area contributed by atoms with Gasteiger partial charge in [-0.15, -0.1) is 10.2 Å². The highest BCUT2D eigenvalue weighted by Crippen LogP contribution is 2.26. The molecule has 1 aliphatic carbocycles. The molecule has 160 valence electrons. The lowest BCUT2D eigenvalue weighted by Crippen LogP contribution is -2.38. The topological polar surface area (TPSA) is 102 Å². The minimum absolute atomic E-state index is 0.00233. The number of halogens is 1. The molecule has 1 fully saturated rings. The first-order chi connectivity index (χ1) is 15.1. The van der Waals surface area contributed by atoms with Gasteiger partial charge in [-0.2, -0.15) is 4.80 Å². The summed E-state index contributed by atoms with van der Waals surface area (Å²) in [7, 11) is 0. The number of anilines is 1. The van der Waals surface area contributed by atoms with Gasteiger partial charge in [0.15, 0.2) is 0 Å². The van der Waals surface area contributed by atoms with E-state index in [-0.39, 0.29) is 24.4 Å². The second-order valence-electron chi connectivity index (χ2n) is 7.53. The van der Waals surface area contributed by atoms with Crippen LogP contribution in [0.3, 0.4) is 0 Å². The third-order valence-corrected chi connectivity index (χ3v) is 5.57. The summed E-state index contributed by atoms with van der Waals surface area (Å²) in [6.45, 7) is -0.00233. The summed E-state index contributed by atoms with van der Waals surface area (Å²) in [4.78, 5) is 26.2. The van der Waals surface area contributed by atoms with Crippen molar-refractivity contribution in [3.63, 3.8) is 0 Å². The van der Waals surface area contributed by atoms with Gasteiger partial charge in [-0.1, -0.05) is 55.1 Å². The van der Waals surface area contributed by atoms with E-state index < -0.39 is 0 Å². The summed E-state index contributed by atoms with van der Waals surface area (Å²) >= 11 is 6.13. The van der Waals surface area contributed by atoms with Gasteiger partial charge >= 0.3 is 0 Å². The number of hydrogen-bond acceptors (Lipinski definition) is 5. The van der Waals surface area contributed by atoms with Crippen LogP contribution in [0.1, 0.15) is 42.5 Å². The van der Waals surface area contributed by atoms with Gasteiger partial charge in [-0.25, -0.2) is 0 Å². The fourth-order valence-electron chi connectivity index (χ4n) is 3.69. The number of nitrogens with zero attached hydrogens (tertiary/aromatic N) is 4. The second kappa shape index (κ2) is 9.70. The van der Waals surface area contributed by atoms with Crippen LogP contribution in [0.5, 0.6) is 0 Å². The highest BCUT2D eigenvalue weighted by molar-refractivity contribution is 6.34. The Hall–Kier alpha value is -3.26. The molecular formula is C22H23ClN6O2. The van der Waals surface area contributed by atoms with E-state index in [1.54, 1.807) is 42.5 Å². The highest BCUT2D eigenvalue weighted by Gasteiger charge is 2.18. The number of benzene rings is 2. The Kier molecular flexibility index (Phi) is 6.57. The maximum atomic E-state index is 12.6. The molecule has 0 atom stereocenters. The number of carbonyl (C=O) groups is 2. The summed E-state index contributed by atoms with van der Waals surface area (Å²) in [5.41, 5.74) is 1.50. The van der Waals surface area contributed by atoms with Crippen LogP contribution in [0, 0.1) is 0 Å². The van der Waals surface area contributed by atoms with Crippen molar-refractivity contribution in [2.45, 2.75) is 44.7 Å². The van der Waals surface area contributed by atoms with E-state index in [0.29, 0.717) is 27.7 Å². The quantitative estimate of drug-likeness (QED) is 0.611. The summed E-state index contributed by atoms with van der Waals surface area (Å²) in [6.07, 6.45) is 5.55. The van der Waals surface area contributed by atoms with Crippen LogP contribution >= 0.6 is 11.6 Å². The standard InChI is InChI=1S/C22H23ClN6O2/c23-18-12-6-4-10-16(18)22(31)25-19-13-7-5-11-17(19)21-26-28-29(27-21)14-20(30)24-15-8-2-1-3-9-15/h4-7,10-13,15H,1-3,8-9,14H2,(H,24,30)(H,25,31). The van der Waals surface area contributed by atoms with Gasteiger partial charge in [0, 0.05) is 11.6 Å². The largest absolute Gasteiger partial charge is 0.352 e. The van der Waals surface area contributed by atoms with Crippen molar-refractivity contribution in [3.8, 4) is 11.4 Å². The molecule has 8 nitrogen and oxygen atoms in total. The molecule has 1 saturated carbocycles. The fourth-order valence-corrected chi connectivity index (χ4v) is 3.91. The first-order valence-electron chi connectivity index (χ1n) is 10.3. The predicted molar refractivity (Wildman–Crippen MR) is 118 cm³/mol. The molecule has 2 N–H and O–H groups in total. The molecule has 3 aromatic rings. The van der Waals surface area contributed by atoms with Crippen molar-refractivity contribution < 1.29 is 9.59 Å². The molecule has 4 rings (SSSR count). The van der Waals surface area contributed by atoms with Gasteiger partial charge in [0.05, 0.1) is 16.3 Å². The highest BCUT2D eigenvalue weighted by atomic mass is 35.5. The smallest absolute Gasteiger partial charge is 0.257 e. The van der Waals surface area contributed by atoms with E-state index in [0.717, 1.165) is 25.7 Å². The van der Waals surface area contributed by atoms with Crippen molar-refractivity contribution in [3.05, 3.63) is 59.1 Å². The Labute approximate surface area is 185 Å². The van der Waals surface area contributed by atoms with Gasteiger partial charge in [-0.05, 0) is 42.3 Å². The van der Waals surface area contributed by atoms with Gasteiger partial charge in [0.25, 0.3) is 5.91 Å². The van der Waals surface area contributed by atoms with Crippen LogP contribution in [0.25, 0.3) is 11.4 Å². The minimum atomic E-state index is -0.336. The van der Waals surface area contributed by atoms with Crippen LogP contribution in [0.4, 0.5) is 5.69 Å². The van der Waals surface area contributed by atoms with Crippen LogP contribution in [0.2, 0.25) is 5.02 Å². The van der Waals surface area contributed by atoms with Crippen molar-refractivity contribution in [1.29, 1.82) is 0 Å². The van der Waals surface area contributed by atoms with E-state index in [2.05, 4.69) is 26.0 Å². The maximum Gasteiger partial charge on any atom is 0.257 e. The Morgan fingerprint density at radius 1 is 1.03 bits per heavy atom. The number of carbonyl (C=O) groups excluding carboxylic acids is 2. The van der Waals surface area contributed by atoms with E-state index in [4.69, 9.17) is 11.6 Å². The van der Waals surface area contributed by atoms with Gasteiger partial charge < -0.3 is 10.6 Å². The molecule has 0 saturated heterocycles. The third kappa shape index (κ3) is 5.27. The number of aromatic nitrogens is 4. The molecule has 0 aliphatic heterocycles. The van der Waals surface area contributed by atoms with E-state index in [1.165, 1.54) is 11.2 Å². The van der Waals surface area contributed by atoms with Crippen LogP contribution in [-0.2, 0) is 11.3 Å². The Morgan fingerprint density at radius 3 is 2.58 bits per heavy atom. The summed E-state index contributed by atoms with van der Waals surface area (Å²) in [6, 6.07) is 14.2. The number of para-hydroxylation sites is 1. The van der Waals surface area contributed by atoms with Gasteiger partial charge in [-0.3, -0.25) is 9.59 Å². The van der Waals surface area contributed by atoms with Crippen LogP contribution in [-0.4, -0.2) is 38.1 Å². The summed E-state index contributed by atoms with van der Waals surface area (Å²) in [5.74, 6) is -0.144. The number of amides is 2. The predicted octanol–water partition coefficient (Wildman–Crippen LogP) is 3.69. The molecule has 0 unspecified atom stereocenters. The van der Waals surface area contributed by atoms with Crippen LogP contribution < -0.4 is 10.6 Å². The third-order valence-electron chi connectivity index (χ3n) is 5.24. The molecule has 1 aromatic heterocycles. The molecule has 2 amide bonds. The lowest BCUT2D eigenvalue weighted by molar-refractivity contribution is -0.123. The lowest BCUT2D eigenvalue weighted by atomic mass is 9.95. The average Bonchev–Trinajstić information content (AvgIpc) is 3.23. The van der Waals surface area contributed by atoms with Crippen molar-refractivity contribution in [2.24, 2.45) is 0 Å². The second-order valence-corrected chi connectivity index (χ2v) is 7.93. The molecule has 31 heavy (non-hydrogen) atoms. The average molecular weight is 439 g/mol. The molecule has 0 bridgehead atoms. The zero-order valence-corrected chi connectivity index (χ0v) is 17.7. The number of hydrogen-bond donors (Lipinski definition) is 2. The minimum Gasteiger partial charge on any atom is -0.352 e. The van der Waals surface area contributed by atoms with Crippen LogP contribution in [0.15, 0.2) is 48.5 Å². The summed E-state index contributed by atoms with van der Waals surface area (Å²) in [5, 5.41) is 18.7. The Bertz CT molecular complexity index is 1080. The lowest BCUT2D eigenvalue weighted by Gasteiger charge is -2.22. The Morgan fingerprint density at radius 2 is 1.77 bits per heavy atom. The number of nitrogens with one attached hydrogen (secondary N) is 2. The van der Waals surface area contributed by atoms with E-state index in [9.17, 15) is 9.59 Å². The van der Waals surface area contributed by atoms with Gasteiger partial charge in [0.1, 0.15) is 6.54 Å². The van der Waals surface area contributed by atoms with Crippen molar-refractivity contribution in [2.75, 3.05) is 5.32 Å². The molecule has 1 heterocycles. The summed E-state index contributed by atoms with van der Waals surface area (Å²) < 4.78 is 0. The zero-order valence-electron chi connectivity index (χ0n) is 16.9. The molecule has 1 aliphatic rings. The zero-order chi connectivity index (χ0) is 21.6. The monoisotopic (exact) mass is 438 g/mol. The molecule has 0 radical (unpaired) electrons. The maximum absolute atomic E-state index is 12.6. The van der Waals surface area contributed by atoms with E-state index >= 15 is 0 Å². The van der Waals surface area contributed by atoms with Gasteiger partial charge in [0.2, 0.25) is 11.7 Å². The molecule has 0 spiro atoms. The number of tetrazole rings is 1. The Balaban J connectivity index is 1.46. The normalized spacial score (nSPS) is 14.2. The first-order valence-corrected chi connectivity index (χ1v) is 10.7.